The molecule has 0 atom stereocenters. The number of alkyl carbamates (subject to hydrolysis) is 1. The van der Waals surface area contributed by atoms with E-state index in [1.54, 1.807) is 0 Å². The number of rotatable bonds is 3. The molecule has 0 spiro atoms. The SMILES string of the molecule is CC(C)(C)OC(=O)NC1CC(Nc2cccc3cn[nH]c23)C1. The van der Waals surface area contributed by atoms with Crippen molar-refractivity contribution in [2.45, 2.75) is 51.3 Å². The van der Waals surface area contributed by atoms with E-state index >= 15 is 0 Å². The molecule has 0 unspecified atom stereocenters. The summed E-state index contributed by atoms with van der Waals surface area (Å²) in [6.07, 6.45) is 3.26. The van der Waals surface area contributed by atoms with Gasteiger partial charge in [-0.15, -0.1) is 0 Å². The van der Waals surface area contributed by atoms with Crippen LogP contribution in [0.2, 0.25) is 0 Å². The van der Waals surface area contributed by atoms with Gasteiger partial charge in [0.15, 0.2) is 0 Å². The van der Waals surface area contributed by atoms with Crippen molar-refractivity contribution in [1.29, 1.82) is 0 Å². The lowest BCUT2D eigenvalue weighted by molar-refractivity contribution is 0.0475. The minimum atomic E-state index is -0.457. The van der Waals surface area contributed by atoms with Gasteiger partial charge in [-0.3, -0.25) is 5.10 Å². The van der Waals surface area contributed by atoms with E-state index < -0.39 is 5.60 Å². The molecule has 118 valence electrons. The summed E-state index contributed by atoms with van der Waals surface area (Å²) in [6.45, 7) is 5.59. The van der Waals surface area contributed by atoms with Crippen LogP contribution in [-0.4, -0.2) is 34.0 Å². The van der Waals surface area contributed by atoms with E-state index in [4.69, 9.17) is 4.74 Å². The highest BCUT2D eigenvalue weighted by Crippen LogP contribution is 2.28. The molecule has 1 heterocycles. The smallest absolute Gasteiger partial charge is 0.407 e. The summed E-state index contributed by atoms with van der Waals surface area (Å²) in [6, 6.07) is 6.60. The molecule has 1 amide bonds. The molecular weight excluding hydrogens is 280 g/mol. The Labute approximate surface area is 129 Å². The third kappa shape index (κ3) is 3.32. The molecule has 1 fully saturated rings. The van der Waals surface area contributed by atoms with Gasteiger partial charge in [0.05, 0.1) is 17.4 Å². The average Bonchev–Trinajstić information content (AvgIpc) is 2.83. The van der Waals surface area contributed by atoms with Crippen LogP contribution in [0.5, 0.6) is 0 Å². The van der Waals surface area contributed by atoms with Crippen molar-refractivity contribution in [3.63, 3.8) is 0 Å². The summed E-state index contributed by atoms with van der Waals surface area (Å²) < 4.78 is 5.26. The predicted molar refractivity (Wildman–Crippen MR) is 85.9 cm³/mol. The molecule has 22 heavy (non-hydrogen) atoms. The number of anilines is 1. The predicted octanol–water partition coefficient (Wildman–Crippen LogP) is 3.03. The van der Waals surface area contributed by atoms with Crippen molar-refractivity contribution in [2.24, 2.45) is 0 Å². The number of H-pyrrole nitrogens is 1. The Bertz CT molecular complexity index is 668. The lowest BCUT2D eigenvalue weighted by Crippen LogP contribution is -2.50. The monoisotopic (exact) mass is 302 g/mol. The lowest BCUT2D eigenvalue weighted by atomic mass is 9.86. The molecular formula is C16H22N4O2. The minimum absolute atomic E-state index is 0.174. The zero-order valence-electron chi connectivity index (χ0n) is 13.1. The number of hydrogen-bond donors (Lipinski definition) is 3. The zero-order chi connectivity index (χ0) is 15.7. The van der Waals surface area contributed by atoms with Crippen LogP contribution in [0.1, 0.15) is 33.6 Å². The summed E-state index contributed by atoms with van der Waals surface area (Å²) in [4.78, 5) is 11.7. The molecule has 2 aromatic rings. The molecule has 1 aliphatic carbocycles. The van der Waals surface area contributed by atoms with Gasteiger partial charge in [0.2, 0.25) is 0 Å². The Morgan fingerprint density at radius 3 is 2.82 bits per heavy atom. The topological polar surface area (TPSA) is 79.0 Å². The van der Waals surface area contributed by atoms with E-state index in [0.29, 0.717) is 6.04 Å². The third-order valence-corrected chi connectivity index (χ3v) is 3.70. The molecule has 1 aromatic carbocycles. The molecule has 1 aromatic heterocycles. The van der Waals surface area contributed by atoms with Gasteiger partial charge in [-0.2, -0.15) is 5.10 Å². The number of carbonyl (C=O) groups excluding carboxylic acids is 1. The number of nitrogens with one attached hydrogen (secondary N) is 3. The summed E-state index contributed by atoms with van der Waals surface area (Å²) in [5.74, 6) is 0. The number of amides is 1. The van der Waals surface area contributed by atoms with E-state index in [1.807, 2.05) is 45.2 Å². The Morgan fingerprint density at radius 1 is 1.32 bits per heavy atom. The first kappa shape index (κ1) is 14.7. The number of para-hydroxylation sites is 1. The lowest BCUT2D eigenvalue weighted by Gasteiger charge is -2.37. The second-order valence-electron chi connectivity index (χ2n) is 6.80. The molecule has 1 aliphatic rings. The largest absolute Gasteiger partial charge is 0.444 e. The minimum Gasteiger partial charge on any atom is -0.444 e. The molecule has 3 N–H and O–H groups in total. The van der Waals surface area contributed by atoms with Crippen LogP contribution in [0.25, 0.3) is 10.9 Å². The number of fused-ring (bicyclic) bond motifs is 1. The number of aromatic nitrogens is 2. The first-order valence-corrected chi connectivity index (χ1v) is 7.59. The second kappa shape index (κ2) is 5.51. The van der Waals surface area contributed by atoms with Gasteiger partial charge in [-0.25, -0.2) is 4.79 Å². The van der Waals surface area contributed by atoms with Gasteiger partial charge >= 0.3 is 6.09 Å². The molecule has 3 rings (SSSR count). The van der Waals surface area contributed by atoms with Crippen LogP contribution in [0.3, 0.4) is 0 Å². The van der Waals surface area contributed by atoms with Gasteiger partial charge in [0.1, 0.15) is 5.60 Å². The van der Waals surface area contributed by atoms with Crippen LogP contribution in [0, 0.1) is 0 Å². The normalized spacial score (nSPS) is 21.2. The van der Waals surface area contributed by atoms with E-state index in [1.165, 1.54) is 0 Å². The maximum atomic E-state index is 11.7. The fraction of sp³-hybridized carbons (Fsp3) is 0.500. The van der Waals surface area contributed by atoms with Crippen LogP contribution in [0.15, 0.2) is 24.4 Å². The molecule has 6 heteroatoms. The Balaban J connectivity index is 1.50. The number of hydrogen-bond acceptors (Lipinski definition) is 4. The number of nitrogens with zero attached hydrogens (tertiary/aromatic N) is 1. The quantitative estimate of drug-likeness (QED) is 0.814. The number of aromatic amines is 1. The van der Waals surface area contributed by atoms with Crippen molar-refractivity contribution >= 4 is 22.7 Å². The zero-order valence-corrected chi connectivity index (χ0v) is 13.1. The van der Waals surface area contributed by atoms with Gasteiger partial charge in [0, 0.05) is 17.5 Å². The molecule has 0 aliphatic heterocycles. The third-order valence-electron chi connectivity index (χ3n) is 3.70. The molecule has 6 nitrogen and oxygen atoms in total. The number of benzene rings is 1. The van der Waals surface area contributed by atoms with Crippen molar-refractivity contribution in [1.82, 2.24) is 15.5 Å². The standard InChI is InChI=1S/C16H22N4O2/c1-16(2,3)22-15(21)19-12-7-11(8-12)18-13-6-4-5-10-9-17-20-14(10)13/h4-6,9,11-12,18H,7-8H2,1-3H3,(H,17,20)(H,19,21). The Hall–Kier alpha value is -2.24. The van der Waals surface area contributed by atoms with Crippen molar-refractivity contribution in [3.05, 3.63) is 24.4 Å². The van der Waals surface area contributed by atoms with E-state index in [0.717, 1.165) is 29.4 Å². The summed E-state index contributed by atoms with van der Waals surface area (Å²) in [7, 11) is 0. The maximum absolute atomic E-state index is 11.7. The first-order chi connectivity index (χ1) is 10.4. The van der Waals surface area contributed by atoms with Crippen molar-refractivity contribution in [3.8, 4) is 0 Å². The molecule has 0 saturated heterocycles. The van der Waals surface area contributed by atoms with Crippen LogP contribution in [0.4, 0.5) is 10.5 Å². The van der Waals surface area contributed by atoms with Crippen LogP contribution < -0.4 is 10.6 Å². The second-order valence-corrected chi connectivity index (χ2v) is 6.80. The van der Waals surface area contributed by atoms with Crippen molar-refractivity contribution in [2.75, 3.05) is 5.32 Å². The van der Waals surface area contributed by atoms with Crippen molar-refractivity contribution < 1.29 is 9.53 Å². The molecule has 0 radical (unpaired) electrons. The van der Waals surface area contributed by atoms with Gasteiger partial charge in [-0.1, -0.05) is 12.1 Å². The Kier molecular flexibility index (Phi) is 3.68. The van der Waals surface area contributed by atoms with Crippen LogP contribution >= 0.6 is 0 Å². The van der Waals surface area contributed by atoms with Gasteiger partial charge < -0.3 is 15.4 Å². The van der Waals surface area contributed by atoms with E-state index in [-0.39, 0.29) is 12.1 Å². The molecule has 1 saturated carbocycles. The molecule has 0 bridgehead atoms. The van der Waals surface area contributed by atoms with E-state index in [9.17, 15) is 4.79 Å². The highest BCUT2D eigenvalue weighted by atomic mass is 16.6. The summed E-state index contributed by atoms with van der Waals surface area (Å²) >= 11 is 0. The average molecular weight is 302 g/mol. The highest BCUT2D eigenvalue weighted by molar-refractivity contribution is 5.90. The highest BCUT2D eigenvalue weighted by Gasteiger charge is 2.31. The summed E-state index contributed by atoms with van der Waals surface area (Å²) in [5.41, 5.74) is 1.61. The maximum Gasteiger partial charge on any atom is 0.407 e. The number of ether oxygens (including phenoxy) is 1. The number of carbonyl (C=O) groups is 1. The van der Waals surface area contributed by atoms with E-state index in [2.05, 4.69) is 20.8 Å². The van der Waals surface area contributed by atoms with Gasteiger partial charge in [-0.05, 0) is 39.7 Å². The summed E-state index contributed by atoms with van der Waals surface area (Å²) in [5, 5.41) is 14.6. The first-order valence-electron chi connectivity index (χ1n) is 7.59. The fourth-order valence-electron chi connectivity index (χ4n) is 2.64. The Morgan fingerprint density at radius 2 is 2.09 bits per heavy atom. The van der Waals surface area contributed by atoms with Gasteiger partial charge in [0.25, 0.3) is 0 Å². The fourth-order valence-corrected chi connectivity index (χ4v) is 2.64. The van der Waals surface area contributed by atoms with Crippen LogP contribution in [-0.2, 0) is 4.74 Å².